The number of carbonyl (C=O) groups excluding carboxylic acids is 2. The number of nitrogens with zero attached hydrogens (tertiary/aromatic N) is 1. The van der Waals surface area contributed by atoms with Crippen LogP contribution in [0.25, 0.3) is 0 Å². The molecule has 1 amide bonds. The summed E-state index contributed by atoms with van der Waals surface area (Å²) in [6.07, 6.45) is 3.30. The van der Waals surface area contributed by atoms with Crippen molar-refractivity contribution < 1.29 is 14.2 Å². The normalized spacial score (nSPS) is 11.8. The van der Waals surface area contributed by atoms with Crippen LogP contribution in [-0.2, 0) is 0 Å². The van der Waals surface area contributed by atoms with Crippen LogP contribution in [0.3, 0.4) is 0 Å². The fraction of sp³-hybridized carbons (Fsp3) is 0. The summed E-state index contributed by atoms with van der Waals surface area (Å²) in [7, 11) is -2.83. The highest BCUT2D eigenvalue weighted by molar-refractivity contribution is 8.00. The van der Waals surface area contributed by atoms with Crippen LogP contribution in [0.5, 0.6) is 0 Å². The van der Waals surface area contributed by atoms with Gasteiger partial charge in [-0.05, 0) is 60.1 Å². The van der Waals surface area contributed by atoms with E-state index >= 15 is 0 Å². The van der Waals surface area contributed by atoms with E-state index in [1.807, 2.05) is 103 Å². The monoisotopic (exact) mass is 548 g/mol. The summed E-state index contributed by atoms with van der Waals surface area (Å²) >= 11 is 7.53. The van der Waals surface area contributed by atoms with Crippen LogP contribution in [0.15, 0.2) is 162 Å². The molecule has 0 aliphatic rings. The van der Waals surface area contributed by atoms with Gasteiger partial charge in [0.2, 0.25) is 10.5 Å². The molecule has 0 radical (unpaired) electrons. The Morgan fingerprint density at radius 2 is 0.949 bits per heavy atom. The maximum absolute atomic E-state index is 14.1. The van der Waals surface area contributed by atoms with Crippen LogP contribution in [0.2, 0.25) is 0 Å². The second-order valence-corrected chi connectivity index (χ2v) is 12.7. The largest absolute Gasteiger partial charge is 0.446 e. The number of aromatic nitrogens is 1. The minimum absolute atomic E-state index is 0.0339. The average molecular weight is 549 g/mol. The number of carbonyl (C=O) groups is 2. The number of halogens is 1. The van der Waals surface area contributed by atoms with Crippen molar-refractivity contribution >= 4 is 46.6 Å². The van der Waals surface area contributed by atoms with Crippen molar-refractivity contribution in [3.8, 4) is 0 Å². The van der Waals surface area contributed by atoms with Crippen LogP contribution in [0, 0.1) is 0 Å². The van der Waals surface area contributed by atoms with E-state index in [0.29, 0.717) is 5.56 Å². The molecule has 5 rings (SSSR count). The van der Waals surface area contributed by atoms with Crippen molar-refractivity contribution in [2.75, 3.05) is 0 Å². The zero-order valence-electron chi connectivity index (χ0n) is 21.0. The molecule has 190 valence electrons. The highest BCUT2D eigenvalue weighted by Gasteiger charge is 2.53. The quantitative estimate of drug-likeness (QED) is 0.167. The fourth-order valence-electron chi connectivity index (χ4n) is 4.54. The lowest BCUT2D eigenvalue weighted by Gasteiger charge is -2.27. The summed E-state index contributed by atoms with van der Waals surface area (Å²) in [5.41, 5.74) is 0.458. The molecule has 1 N–H and O–H groups in total. The topological polar surface area (TPSA) is 50.1 Å². The molecule has 4 nitrogen and oxygen atoms in total. The van der Waals surface area contributed by atoms with Gasteiger partial charge in [-0.15, -0.1) is 4.57 Å². The molecule has 0 saturated heterocycles. The summed E-state index contributed by atoms with van der Waals surface area (Å²) in [6, 6.07) is 44.0. The molecule has 0 spiro atoms. The van der Waals surface area contributed by atoms with Gasteiger partial charge in [0.15, 0.2) is 19.7 Å². The van der Waals surface area contributed by atoms with Gasteiger partial charge >= 0.3 is 5.91 Å². The molecule has 0 aliphatic carbocycles. The summed E-state index contributed by atoms with van der Waals surface area (Å²) in [5, 5.41) is 5.80. The second-order valence-electron chi connectivity index (χ2n) is 8.75. The van der Waals surface area contributed by atoms with E-state index in [0.717, 1.165) is 15.9 Å². The van der Waals surface area contributed by atoms with Crippen LogP contribution in [-0.4, -0.2) is 11.8 Å². The fourth-order valence-corrected chi connectivity index (χ4v) is 9.47. The van der Waals surface area contributed by atoms with Gasteiger partial charge in [-0.25, -0.2) is 4.79 Å². The Morgan fingerprint density at radius 3 is 1.38 bits per heavy atom. The number of amides is 1. The van der Waals surface area contributed by atoms with E-state index in [1.165, 1.54) is 4.57 Å². The van der Waals surface area contributed by atoms with Crippen molar-refractivity contribution in [3.05, 3.63) is 168 Å². The smallest absolute Gasteiger partial charge is 0.309 e. The first-order valence-electron chi connectivity index (χ1n) is 12.5. The number of benzene rings is 4. The lowest BCUT2D eigenvalue weighted by Crippen LogP contribution is -2.47. The Morgan fingerprint density at radius 1 is 0.564 bits per heavy atom. The van der Waals surface area contributed by atoms with Gasteiger partial charge in [-0.3, -0.25) is 4.79 Å². The first kappa shape index (κ1) is 26.2. The Kier molecular flexibility index (Phi) is 8.07. The molecule has 0 fully saturated rings. The van der Waals surface area contributed by atoms with E-state index in [2.05, 4.69) is 5.32 Å². The lowest BCUT2D eigenvalue weighted by molar-refractivity contribution is -0.571. The van der Waals surface area contributed by atoms with Gasteiger partial charge in [0, 0.05) is 17.7 Å². The molecule has 6 heteroatoms. The highest BCUT2D eigenvalue weighted by Crippen LogP contribution is 2.64. The summed E-state index contributed by atoms with van der Waals surface area (Å²) in [5.74, 6) is -0.849. The predicted molar refractivity (Wildman–Crippen MR) is 159 cm³/mol. The van der Waals surface area contributed by atoms with Crippen molar-refractivity contribution in [1.82, 2.24) is 5.32 Å². The van der Waals surface area contributed by atoms with Gasteiger partial charge in [0.05, 0.1) is 0 Å². The Labute approximate surface area is 233 Å². The maximum Gasteiger partial charge on any atom is 0.446 e. The number of rotatable bonds is 7. The maximum atomic E-state index is 14.1. The molecule has 0 atom stereocenters. The number of nitrogens with one attached hydrogen (secondary N) is 1. The third-order valence-electron chi connectivity index (χ3n) is 6.37. The molecule has 0 bridgehead atoms. The first-order valence-corrected chi connectivity index (χ1v) is 14.6. The number of pyridine rings is 1. The van der Waals surface area contributed by atoms with Gasteiger partial charge in [0.25, 0.3) is 5.91 Å². The van der Waals surface area contributed by atoms with Crippen molar-refractivity contribution in [3.63, 3.8) is 0 Å². The van der Waals surface area contributed by atoms with E-state index in [-0.39, 0.29) is 10.5 Å². The van der Waals surface area contributed by atoms with E-state index in [4.69, 9.17) is 11.6 Å². The summed E-state index contributed by atoms with van der Waals surface area (Å²) in [6.45, 7) is 0. The molecule has 4 aromatic carbocycles. The molecular weight excluding hydrogens is 523 g/mol. The average Bonchev–Trinajstić information content (AvgIpc) is 3.02. The van der Waals surface area contributed by atoms with Crippen molar-refractivity contribution in [1.29, 1.82) is 0 Å². The van der Waals surface area contributed by atoms with Gasteiger partial charge in [0.1, 0.15) is 15.9 Å². The zero-order valence-corrected chi connectivity index (χ0v) is 22.7. The molecule has 0 unspecified atom stereocenters. The molecule has 1 heterocycles. The minimum Gasteiger partial charge on any atom is -0.309 e. The molecule has 0 saturated carbocycles. The minimum atomic E-state index is -2.83. The van der Waals surface area contributed by atoms with Crippen LogP contribution in [0.1, 0.15) is 15.2 Å². The molecule has 5 aromatic rings. The first-order chi connectivity index (χ1) is 19.1. The molecular formula is C33H26ClN2O2P+2. The second kappa shape index (κ2) is 12.0. The SMILES string of the molecule is O=C(N/C(C(=O)[n+]1ccccc1)=C(\Cl)[P+](c1ccccc1)(c1ccccc1)c1ccccc1)c1ccccc1. The predicted octanol–water partition coefficient (Wildman–Crippen LogP) is 5.45. The number of hydrogen-bond donors (Lipinski definition) is 1. The number of allylic oxidation sites excluding steroid dienone is 1. The summed E-state index contributed by atoms with van der Waals surface area (Å²) in [4.78, 5) is 27.6. The molecule has 39 heavy (non-hydrogen) atoms. The zero-order chi connectivity index (χ0) is 27.1. The Balaban J connectivity index is 1.84. The standard InChI is InChI=1S/C33H25ClN2O2P/c34-31(30(33(38)36-24-14-5-15-25-36)35-32(37)26-16-6-1-7-17-26)39(27-18-8-2-9-19-27,28-20-10-3-11-21-28)29-22-12-4-13-23-29/h1-25H/q+1/p+1/b31-30+. The molecule has 0 aliphatic heterocycles. The van der Waals surface area contributed by atoms with Crippen LogP contribution < -0.4 is 25.8 Å². The van der Waals surface area contributed by atoms with Crippen LogP contribution in [0.4, 0.5) is 0 Å². The third-order valence-corrected chi connectivity index (χ3v) is 11.4. The molecule has 1 aromatic heterocycles. The third kappa shape index (κ3) is 5.31. The van der Waals surface area contributed by atoms with Crippen molar-refractivity contribution in [2.45, 2.75) is 0 Å². The lowest BCUT2D eigenvalue weighted by atomic mass is 10.2. The van der Waals surface area contributed by atoms with Gasteiger partial charge in [-0.2, -0.15) is 0 Å². The Hall–Kier alpha value is -4.37. The van der Waals surface area contributed by atoms with Gasteiger partial charge < -0.3 is 5.32 Å². The highest BCUT2D eigenvalue weighted by atomic mass is 35.5. The van der Waals surface area contributed by atoms with Crippen LogP contribution >= 0.6 is 18.9 Å². The van der Waals surface area contributed by atoms with E-state index in [9.17, 15) is 9.59 Å². The van der Waals surface area contributed by atoms with Gasteiger partial charge in [-0.1, -0.05) is 78.9 Å². The summed E-state index contributed by atoms with van der Waals surface area (Å²) < 4.78 is 1.72. The number of hydrogen-bond acceptors (Lipinski definition) is 2. The van der Waals surface area contributed by atoms with E-state index in [1.54, 1.807) is 48.8 Å². The van der Waals surface area contributed by atoms with Crippen molar-refractivity contribution in [2.24, 2.45) is 0 Å². The van der Waals surface area contributed by atoms with E-state index < -0.39 is 19.1 Å². The Bertz CT molecular complexity index is 1500.